The first-order valence-electron chi connectivity index (χ1n) is 11.3. The third-order valence-electron chi connectivity index (χ3n) is 6.00. The summed E-state index contributed by atoms with van der Waals surface area (Å²) in [5, 5.41) is 13.0. The van der Waals surface area contributed by atoms with E-state index in [2.05, 4.69) is 20.8 Å². The molecular weight excluding hydrogens is 463 g/mol. The Labute approximate surface area is 207 Å². The molecule has 0 unspecified atom stereocenters. The Morgan fingerprint density at radius 3 is 2.36 bits per heavy atom. The van der Waals surface area contributed by atoms with E-state index in [1.807, 2.05) is 38.1 Å². The highest BCUT2D eigenvalue weighted by atomic mass is 19.1. The monoisotopic (exact) mass is 490 g/mol. The molecule has 8 nitrogen and oxygen atoms in total. The average Bonchev–Trinajstić information content (AvgIpc) is 3.30. The molecule has 0 spiro atoms. The van der Waals surface area contributed by atoms with Gasteiger partial charge in [0.15, 0.2) is 17.2 Å². The van der Waals surface area contributed by atoms with Crippen LogP contribution in [0.2, 0.25) is 0 Å². The lowest BCUT2D eigenvalue weighted by Crippen LogP contribution is -2.36. The van der Waals surface area contributed by atoms with E-state index in [4.69, 9.17) is 9.47 Å². The highest BCUT2D eigenvalue weighted by Gasteiger charge is 2.23. The van der Waals surface area contributed by atoms with Crippen molar-refractivity contribution in [3.05, 3.63) is 83.3 Å². The summed E-state index contributed by atoms with van der Waals surface area (Å²) in [7, 11) is 3.05. The molecule has 4 aromatic rings. The number of carbonyl (C=O) groups excluding carboxylic acids is 2. The molecule has 0 saturated heterocycles. The van der Waals surface area contributed by atoms with Gasteiger partial charge in [0.25, 0.3) is 11.8 Å². The van der Waals surface area contributed by atoms with Crippen LogP contribution in [0.25, 0.3) is 10.9 Å². The van der Waals surface area contributed by atoms with E-state index in [0.717, 1.165) is 5.56 Å². The van der Waals surface area contributed by atoms with Gasteiger partial charge in [0.1, 0.15) is 5.82 Å². The summed E-state index contributed by atoms with van der Waals surface area (Å²) in [5.41, 5.74) is 2.35. The minimum absolute atomic E-state index is 0.147. The molecule has 0 radical (unpaired) electrons. The van der Waals surface area contributed by atoms with Crippen LogP contribution in [0.5, 0.6) is 11.5 Å². The topological polar surface area (TPSA) is 105 Å². The minimum Gasteiger partial charge on any atom is -0.493 e. The number of halogens is 1. The van der Waals surface area contributed by atoms with Crippen LogP contribution >= 0.6 is 0 Å². The van der Waals surface area contributed by atoms with Crippen molar-refractivity contribution in [1.82, 2.24) is 15.5 Å². The molecule has 2 amide bonds. The van der Waals surface area contributed by atoms with Gasteiger partial charge in [0, 0.05) is 28.6 Å². The van der Waals surface area contributed by atoms with E-state index in [-0.39, 0.29) is 11.6 Å². The molecule has 186 valence electrons. The van der Waals surface area contributed by atoms with Crippen molar-refractivity contribution >= 4 is 28.4 Å². The molecule has 0 aliphatic rings. The van der Waals surface area contributed by atoms with Crippen LogP contribution in [0.4, 0.5) is 10.1 Å². The van der Waals surface area contributed by atoms with Gasteiger partial charge in [-0.2, -0.15) is 5.10 Å². The maximum Gasteiger partial charge on any atom is 0.272 e. The molecule has 0 bridgehead atoms. The molecular formula is C27H27FN4O4. The van der Waals surface area contributed by atoms with Crippen molar-refractivity contribution in [3.63, 3.8) is 0 Å². The summed E-state index contributed by atoms with van der Waals surface area (Å²) in [6, 6.07) is 16.5. The van der Waals surface area contributed by atoms with Gasteiger partial charge in [-0.05, 0) is 54.1 Å². The Balaban J connectivity index is 1.40. The number of aromatic nitrogens is 2. The van der Waals surface area contributed by atoms with Gasteiger partial charge in [-0.15, -0.1) is 0 Å². The van der Waals surface area contributed by atoms with E-state index >= 15 is 0 Å². The first-order valence-corrected chi connectivity index (χ1v) is 11.3. The second-order valence-electron chi connectivity index (χ2n) is 8.93. The highest BCUT2D eigenvalue weighted by Crippen LogP contribution is 2.28. The molecule has 1 heterocycles. The SMILES string of the molecule is COc1ccc(C(=O)Nc2ccc(C(C)(C)CNC(=O)c3n[nH]c4ccc(F)cc34)cc2)cc1OC. The highest BCUT2D eigenvalue weighted by molar-refractivity contribution is 6.05. The Kier molecular flexibility index (Phi) is 6.91. The minimum atomic E-state index is -0.434. The van der Waals surface area contributed by atoms with Crippen molar-refractivity contribution < 1.29 is 23.5 Å². The predicted molar refractivity (Wildman–Crippen MR) is 135 cm³/mol. The van der Waals surface area contributed by atoms with Gasteiger partial charge in [-0.1, -0.05) is 26.0 Å². The van der Waals surface area contributed by atoms with Crippen molar-refractivity contribution in [1.29, 1.82) is 0 Å². The van der Waals surface area contributed by atoms with Gasteiger partial charge >= 0.3 is 0 Å². The molecule has 1 aromatic heterocycles. The molecule has 0 aliphatic heterocycles. The third kappa shape index (κ3) is 5.14. The summed E-state index contributed by atoms with van der Waals surface area (Å²) < 4.78 is 24.1. The first-order chi connectivity index (χ1) is 17.2. The first kappa shape index (κ1) is 24.7. The fraction of sp³-hybridized carbons (Fsp3) is 0.222. The Hall–Kier alpha value is -4.40. The van der Waals surface area contributed by atoms with Crippen molar-refractivity contribution in [2.75, 3.05) is 26.1 Å². The molecule has 36 heavy (non-hydrogen) atoms. The summed E-state index contributed by atoms with van der Waals surface area (Å²) in [6.45, 7) is 4.31. The fourth-order valence-electron chi connectivity index (χ4n) is 3.83. The average molecular weight is 491 g/mol. The normalized spacial score (nSPS) is 11.2. The molecule has 3 aromatic carbocycles. The summed E-state index contributed by atoms with van der Waals surface area (Å²) in [6.07, 6.45) is 0. The quantitative estimate of drug-likeness (QED) is 0.333. The predicted octanol–water partition coefficient (Wildman–Crippen LogP) is 4.68. The van der Waals surface area contributed by atoms with Crippen LogP contribution in [-0.2, 0) is 5.41 Å². The van der Waals surface area contributed by atoms with Crippen molar-refractivity contribution in [2.24, 2.45) is 0 Å². The zero-order valence-electron chi connectivity index (χ0n) is 20.4. The molecule has 4 rings (SSSR count). The zero-order valence-corrected chi connectivity index (χ0v) is 20.4. The maximum atomic E-state index is 13.6. The Morgan fingerprint density at radius 2 is 1.67 bits per heavy atom. The number of fused-ring (bicyclic) bond motifs is 1. The van der Waals surface area contributed by atoms with Gasteiger partial charge < -0.3 is 20.1 Å². The number of hydrogen-bond acceptors (Lipinski definition) is 5. The van der Waals surface area contributed by atoms with E-state index < -0.39 is 17.1 Å². The Morgan fingerprint density at radius 1 is 0.944 bits per heavy atom. The standard InChI is InChI=1S/C27H27FN4O4/c1-27(2,15-29-26(34)24-20-14-18(28)8-11-21(20)31-32-24)17-6-9-19(10-7-17)30-25(33)16-5-12-22(35-3)23(13-16)36-4/h5-14H,15H2,1-4H3,(H,29,34)(H,30,33)(H,31,32). The van der Waals surface area contributed by atoms with Crippen LogP contribution < -0.4 is 20.1 Å². The van der Waals surface area contributed by atoms with E-state index in [1.165, 1.54) is 26.4 Å². The third-order valence-corrected chi connectivity index (χ3v) is 6.00. The number of aromatic amines is 1. The smallest absolute Gasteiger partial charge is 0.272 e. The number of amides is 2. The van der Waals surface area contributed by atoms with E-state index in [0.29, 0.717) is 40.2 Å². The number of rotatable bonds is 8. The molecule has 0 aliphatic carbocycles. The zero-order chi connectivity index (χ0) is 25.9. The number of nitrogens with one attached hydrogen (secondary N) is 3. The van der Waals surface area contributed by atoms with Crippen LogP contribution in [-0.4, -0.2) is 42.8 Å². The number of H-pyrrole nitrogens is 1. The van der Waals surface area contributed by atoms with Crippen molar-refractivity contribution in [3.8, 4) is 11.5 Å². The number of nitrogens with zero attached hydrogens (tertiary/aromatic N) is 1. The van der Waals surface area contributed by atoms with Gasteiger partial charge in [0.05, 0.1) is 19.7 Å². The maximum absolute atomic E-state index is 13.6. The van der Waals surface area contributed by atoms with Gasteiger partial charge in [0.2, 0.25) is 0 Å². The number of anilines is 1. The van der Waals surface area contributed by atoms with Gasteiger partial charge in [-0.3, -0.25) is 14.7 Å². The Bertz CT molecular complexity index is 1410. The van der Waals surface area contributed by atoms with E-state index in [9.17, 15) is 14.0 Å². The van der Waals surface area contributed by atoms with Gasteiger partial charge in [-0.25, -0.2) is 4.39 Å². The van der Waals surface area contributed by atoms with Crippen molar-refractivity contribution in [2.45, 2.75) is 19.3 Å². The molecule has 0 atom stereocenters. The number of benzene rings is 3. The second kappa shape index (κ2) is 10.1. The summed E-state index contributed by atoms with van der Waals surface area (Å²) in [4.78, 5) is 25.4. The lowest BCUT2D eigenvalue weighted by Gasteiger charge is -2.26. The van der Waals surface area contributed by atoms with E-state index in [1.54, 1.807) is 24.3 Å². The fourth-order valence-corrected chi connectivity index (χ4v) is 3.83. The van der Waals surface area contributed by atoms with Crippen LogP contribution in [0.3, 0.4) is 0 Å². The molecule has 3 N–H and O–H groups in total. The number of carbonyl (C=O) groups is 2. The number of methoxy groups -OCH3 is 2. The largest absolute Gasteiger partial charge is 0.493 e. The summed E-state index contributed by atoms with van der Waals surface area (Å²) in [5.74, 6) is -0.0918. The molecule has 0 saturated carbocycles. The van der Waals surface area contributed by atoms with Crippen LogP contribution in [0.1, 0.15) is 40.3 Å². The molecule has 0 fully saturated rings. The summed E-state index contributed by atoms with van der Waals surface area (Å²) >= 11 is 0. The number of hydrogen-bond donors (Lipinski definition) is 3. The van der Waals surface area contributed by atoms with Crippen LogP contribution in [0, 0.1) is 5.82 Å². The number of ether oxygens (including phenoxy) is 2. The second-order valence-corrected chi connectivity index (χ2v) is 8.93. The lowest BCUT2D eigenvalue weighted by atomic mass is 9.84. The van der Waals surface area contributed by atoms with Crippen LogP contribution in [0.15, 0.2) is 60.7 Å². The lowest BCUT2D eigenvalue weighted by molar-refractivity contribution is 0.0941. The molecule has 9 heteroatoms.